The third-order valence-corrected chi connectivity index (χ3v) is 4.80. The van der Waals surface area contributed by atoms with Gasteiger partial charge in [0.25, 0.3) is 0 Å². The van der Waals surface area contributed by atoms with E-state index in [1.54, 1.807) is 12.4 Å². The molecule has 33 heavy (non-hydrogen) atoms. The average Bonchev–Trinajstić information content (AvgIpc) is 3.29. The van der Waals surface area contributed by atoms with Crippen LogP contribution in [0.15, 0.2) is 65.9 Å². The molecule has 176 valence electrons. The number of carbonyl (C=O) groups is 1. The van der Waals surface area contributed by atoms with Gasteiger partial charge in [-0.2, -0.15) is 0 Å². The van der Waals surface area contributed by atoms with E-state index in [0.29, 0.717) is 18.7 Å². The quantitative estimate of drug-likeness (QED) is 0.170. The summed E-state index contributed by atoms with van der Waals surface area (Å²) in [6, 6.07) is 17.0. The Morgan fingerprint density at radius 1 is 1.06 bits per heavy atom. The van der Waals surface area contributed by atoms with Crippen molar-refractivity contribution in [3.05, 3.63) is 83.4 Å². The van der Waals surface area contributed by atoms with E-state index >= 15 is 0 Å². The largest absolute Gasteiger partial charge is 0.457 e. The number of carbonyl (C=O) groups excluding carboxylic acids is 1. The molecular formula is C24H31IN6O2. The van der Waals surface area contributed by atoms with Crippen molar-refractivity contribution >= 4 is 35.9 Å². The molecule has 0 aliphatic carbocycles. The zero-order chi connectivity index (χ0) is 22.6. The Labute approximate surface area is 211 Å². The minimum Gasteiger partial charge on any atom is -0.457 e. The number of benzene rings is 2. The molecule has 8 nitrogen and oxygen atoms in total. The molecule has 0 aliphatic rings. The van der Waals surface area contributed by atoms with Crippen molar-refractivity contribution in [3.8, 4) is 0 Å². The average molecular weight is 562 g/mol. The molecule has 0 radical (unpaired) electrons. The number of halogens is 1. The minimum atomic E-state index is -0.342. The van der Waals surface area contributed by atoms with Gasteiger partial charge in [-0.05, 0) is 30.2 Å². The van der Waals surface area contributed by atoms with Crippen LogP contribution in [0.2, 0.25) is 0 Å². The summed E-state index contributed by atoms with van der Waals surface area (Å²) >= 11 is 0. The van der Waals surface area contributed by atoms with Gasteiger partial charge in [0.2, 0.25) is 0 Å². The van der Waals surface area contributed by atoms with Crippen LogP contribution in [-0.2, 0) is 30.9 Å². The third-order valence-electron chi connectivity index (χ3n) is 4.80. The number of hydrogen-bond donors (Lipinski definition) is 2. The Hall–Kier alpha value is -2.95. The van der Waals surface area contributed by atoms with E-state index in [1.165, 1.54) is 0 Å². The number of nitrogens with one attached hydrogen (secondary N) is 2. The molecular weight excluding hydrogens is 531 g/mol. The number of rotatable bonds is 10. The van der Waals surface area contributed by atoms with E-state index < -0.39 is 0 Å². The summed E-state index contributed by atoms with van der Waals surface area (Å²) in [6.45, 7) is 6.99. The highest BCUT2D eigenvalue weighted by Crippen LogP contribution is 2.10. The number of aryl methyl sites for hydroxylation is 1. The first-order valence-electron chi connectivity index (χ1n) is 10.9. The van der Waals surface area contributed by atoms with Gasteiger partial charge in [0.1, 0.15) is 18.8 Å². The van der Waals surface area contributed by atoms with Gasteiger partial charge in [0, 0.05) is 26.1 Å². The molecule has 0 saturated carbocycles. The van der Waals surface area contributed by atoms with Gasteiger partial charge in [0.05, 0.1) is 12.1 Å². The van der Waals surface area contributed by atoms with E-state index in [9.17, 15) is 4.79 Å². The second-order valence-corrected chi connectivity index (χ2v) is 7.18. The minimum absolute atomic E-state index is 0. The van der Waals surface area contributed by atoms with Crippen LogP contribution >= 0.6 is 24.0 Å². The van der Waals surface area contributed by atoms with Gasteiger partial charge in [-0.25, -0.2) is 9.79 Å². The molecule has 0 saturated heterocycles. The van der Waals surface area contributed by atoms with E-state index in [-0.39, 0.29) is 36.6 Å². The van der Waals surface area contributed by atoms with Crippen LogP contribution in [0.3, 0.4) is 0 Å². The maximum Gasteiger partial charge on any atom is 0.338 e. The van der Waals surface area contributed by atoms with Gasteiger partial charge < -0.3 is 19.9 Å². The lowest BCUT2D eigenvalue weighted by Gasteiger charge is -2.12. The first-order chi connectivity index (χ1) is 15.7. The first-order valence-corrected chi connectivity index (χ1v) is 10.9. The van der Waals surface area contributed by atoms with Crippen LogP contribution in [0.1, 0.15) is 41.2 Å². The predicted octanol–water partition coefficient (Wildman–Crippen LogP) is 3.57. The zero-order valence-corrected chi connectivity index (χ0v) is 21.4. The van der Waals surface area contributed by atoms with Crippen LogP contribution in [0.5, 0.6) is 0 Å². The van der Waals surface area contributed by atoms with E-state index in [0.717, 1.165) is 42.4 Å². The number of nitrogens with zero attached hydrogens (tertiary/aromatic N) is 4. The molecule has 0 fully saturated rings. The zero-order valence-electron chi connectivity index (χ0n) is 19.0. The van der Waals surface area contributed by atoms with Crippen molar-refractivity contribution < 1.29 is 9.53 Å². The highest BCUT2D eigenvalue weighted by atomic mass is 127. The molecule has 0 atom stereocenters. The number of guanidine groups is 1. The summed E-state index contributed by atoms with van der Waals surface area (Å²) in [5.74, 6) is 1.34. The second-order valence-electron chi connectivity index (χ2n) is 7.18. The molecule has 1 heterocycles. The van der Waals surface area contributed by atoms with Crippen molar-refractivity contribution in [3.63, 3.8) is 0 Å². The fourth-order valence-corrected chi connectivity index (χ4v) is 3.15. The van der Waals surface area contributed by atoms with Crippen molar-refractivity contribution in [1.29, 1.82) is 0 Å². The van der Waals surface area contributed by atoms with E-state index in [1.807, 2.05) is 60.0 Å². The number of aliphatic imine (C=N–C) groups is 1. The Balaban J connectivity index is 0.00000385. The van der Waals surface area contributed by atoms with E-state index in [4.69, 9.17) is 4.74 Å². The Morgan fingerprint density at radius 3 is 2.61 bits per heavy atom. The lowest BCUT2D eigenvalue weighted by atomic mass is 10.1. The lowest BCUT2D eigenvalue weighted by molar-refractivity contribution is 0.0472. The summed E-state index contributed by atoms with van der Waals surface area (Å²) in [6.07, 6.45) is 2.59. The molecule has 1 aromatic heterocycles. The number of esters is 1. The van der Waals surface area contributed by atoms with Gasteiger partial charge in [0.15, 0.2) is 5.96 Å². The smallest absolute Gasteiger partial charge is 0.338 e. The first kappa shape index (κ1) is 26.3. The molecule has 9 heteroatoms. The molecule has 3 aromatic rings. The second kappa shape index (κ2) is 14.2. The molecule has 0 aliphatic heterocycles. The standard InChI is InChI=1S/C24H30N6O2.HI/c1-3-22-29-28-18-30(22)14-13-26-24(25-4-2)27-16-20-11-8-12-21(15-20)23(31)32-17-19-9-6-5-7-10-19;/h5-12,15,18H,3-4,13-14,16-17H2,1-2H3,(H2,25,26,27);1H. The summed E-state index contributed by atoms with van der Waals surface area (Å²) < 4.78 is 7.46. The molecule has 0 unspecified atom stereocenters. The maximum absolute atomic E-state index is 12.4. The van der Waals surface area contributed by atoms with Crippen LogP contribution in [0.4, 0.5) is 0 Å². The predicted molar refractivity (Wildman–Crippen MR) is 140 cm³/mol. The summed E-state index contributed by atoms with van der Waals surface area (Å²) in [5.41, 5.74) is 2.41. The van der Waals surface area contributed by atoms with E-state index in [2.05, 4.69) is 32.7 Å². The molecule has 0 bridgehead atoms. The molecule has 2 N–H and O–H groups in total. The van der Waals surface area contributed by atoms with Crippen LogP contribution in [0, 0.1) is 0 Å². The maximum atomic E-state index is 12.4. The van der Waals surface area contributed by atoms with Gasteiger partial charge in [-0.1, -0.05) is 49.4 Å². The van der Waals surface area contributed by atoms with Crippen molar-refractivity contribution in [2.75, 3.05) is 13.1 Å². The normalized spacial score (nSPS) is 10.9. The van der Waals surface area contributed by atoms with Gasteiger partial charge >= 0.3 is 5.97 Å². The highest BCUT2D eigenvalue weighted by Gasteiger charge is 2.08. The van der Waals surface area contributed by atoms with Crippen molar-refractivity contribution in [2.45, 2.75) is 40.0 Å². The lowest BCUT2D eigenvalue weighted by Crippen LogP contribution is -2.38. The van der Waals surface area contributed by atoms with Crippen LogP contribution in [0.25, 0.3) is 0 Å². The highest BCUT2D eigenvalue weighted by molar-refractivity contribution is 14.0. The topological polar surface area (TPSA) is 93.4 Å². The van der Waals surface area contributed by atoms with Crippen molar-refractivity contribution in [1.82, 2.24) is 25.4 Å². The Morgan fingerprint density at radius 2 is 1.85 bits per heavy atom. The molecule has 0 amide bonds. The summed E-state index contributed by atoms with van der Waals surface area (Å²) in [4.78, 5) is 17.1. The third kappa shape index (κ3) is 8.49. The number of hydrogen-bond acceptors (Lipinski definition) is 5. The van der Waals surface area contributed by atoms with Gasteiger partial charge in [-0.3, -0.25) is 0 Å². The van der Waals surface area contributed by atoms with Gasteiger partial charge in [-0.15, -0.1) is 34.2 Å². The number of ether oxygens (including phenoxy) is 1. The van der Waals surface area contributed by atoms with Crippen LogP contribution in [-0.4, -0.2) is 39.8 Å². The fourth-order valence-electron chi connectivity index (χ4n) is 3.15. The summed E-state index contributed by atoms with van der Waals surface area (Å²) in [7, 11) is 0. The van der Waals surface area contributed by atoms with Crippen molar-refractivity contribution in [2.24, 2.45) is 4.99 Å². The summed E-state index contributed by atoms with van der Waals surface area (Å²) in [5, 5.41) is 14.6. The van der Waals surface area contributed by atoms with Crippen LogP contribution < -0.4 is 10.6 Å². The molecule has 2 aromatic carbocycles. The number of aromatic nitrogens is 3. The molecule has 3 rings (SSSR count). The molecule has 0 spiro atoms. The Kier molecular flexibility index (Phi) is 11.4. The fraction of sp³-hybridized carbons (Fsp3) is 0.333. The SMILES string of the molecule is CCNC(=NCc1cccc(C(=O)OCc2ccccc2)c1)NCCn1cnnc1CC.I. The monoisotopic (exact) mass is 562 g/mol. The Bertz CT molecular complexity index is 1020.